The highest BCUT2D eigenvalue weighted by molar-refractivity contribution is 7.90. The predicted octanol–water partition coefficient (Wildman–Crippen LogP) is 3.02. The van der Waals surface area contributed by atoms with Crippen molar-refractivity contribution >= 4 is 38.5 Å². The number of carboxylic acid groups (broad SMARTS) is 1. The zero-order chi connectivity index (χ0) is 29.0. The Hall–Kier alpha value is -4.14. The number of hydrogen-bond acceptors (Lipinski definition) is 5. The van der Waals surface area contributed by atoms with Crippen LogP contribution in [0.1, 0.15) is 34.9 Å². The molecule has 40 heavy (non-hydrogen) atoms. The van der Waals surface area contributed by atoms with E-state index in [-0.39, 0.29) is 49.0 Å². The molecule has 0 atom stereocenters. The van der Waals surface area contributed by atoms with Gasteiger partial charge < -0.3 is 25.2 Å². The normalized spacial score (nSPS) is 16.9. The van der Waals surface area contributed by atoms with Gasteiger partial charge in [0.1, 0.15) is 16.4 Å². The molecule has 5 rings (SSSR count). The number of carbonyl (C=O) groups is 1. The maximum atomic E-state index is 15.2. The van der Waals surface area contributed by atoms with E-state index in [1.807, 2.05) is 0 Å². The molecule has 2 heterocycles. The second-order valence-corrected chi connectivity index (χ2v) is 11.1. The van der Waals surface area contributed by atoms with E-state index in [1.54, 1.807) is 4.90 Å². The number of alkyl halides is 3. The standard InChI is InChI=1S/C25H23F4N5O5S/c26-17-11-15-18(34(14-5-6-14)20(23(36)37)13-21(15)35)12-19(17)32-7-9-33(10-8-32)24(30)31-40(38,39)22-4-2-1-3-16(22)25(27,28)29/h1-4,11-14H,5-10H2,(H2,30,31)(H,36,37). The first kappa shape index (κ1) is 27.4. The van der Waals surface area contributed by atoms with Crippen LogP contribution < -0.4 is 16.1 Å². The summed E-state index contributed by atoms with van der Waals surface area (Å²) in [5, 5.41) is 9.67. The minimum absolute atomic E-state index is 0.0532. The van der Waals surface area contributed by atoms with E-state index >= 15 is 4.39 Å². The van der Waals surface area contributed by atoms with Crippen molar-refractivity contribution in [2.75, 3.05) is 31.1 Å². The van der Waals surface area contributed by atoms with Crippen molar-refractivity contribution in [2.24, 2.45) is 10.1 Å². The van der Waals surface area contributed by atoms with Crippen molar-refractivity contribution < 1.29 is 35.9 Å². The topological polar surface area (TPSA) is 138 Å². The summed E-state index contributed by atoms with van der Waals surface area (Å²) in [6, 6.07) is 7.02. The van der Waals surface area contributed by atoms with Gasteiger partial charge in [0.2, 0.25) is 5.96 Å². The van der Waals surface area contributed by atoms with E-state index < -0.39 is 49.8 Å². The molecule has 1 aliphatic carbocycles. The summed E-state index contributed by atoms with van der Waals surface area (Å²) >= 11 is 0. The number of aromatic carboxylic acids is 1. The molecule has 3 N–H and O–H groups in total. The van der Waals surface area contributed by atoms with Crippen molar-refractivity contribution in [3.8, 4) is 0 Å². The number of guanidine groups is 1. The van der Waals surface area contributed by atoms with E-state index in [0.29, 0.717) is 11.6 Å². The van der Waals surface area contributed by atoms with Gasteiger partial charge >= 0.3 is 12.1 Å². The molecule has 0 spiro atoms. The third-order valence-electron chi connectivity index (χ3n) is 6.88. The van der Waals surface area contributed by atoms with Crippen molar-refractivity contribution in [1.29, 1.82) is 0 Å². The van der Waals surface area contributed by atoms with Crippen molar-refractivity contribution in [1.82, 2.24) is 9.47 Å². The van der Waals surface area contributed by atoms with Gasteiger partial charge in [-0.2, -0.15) is 21.6 Å². The zero-order valence-electron chi connectivity index (χ0n) is 20.7. The van der Waals surface area contributed by atoms with E-state index in [9.17, 15) is 36.3 Å². The first-order valence-electron chi connectivity index (χ1n) is 12.2. The lowest BCUT2D eigenvalue weighted by molar-refractivity contribution is -0.139. The van der Waals surface area contributed by atoms with Crippen LogP contribution in [0.2, 0.25) is 0 Å². The molecule has 2 fully saturated rings. The average Bonchev–Trinajstić information content (AvgIpc) is 3.73. The summed E-state index contributed by atoms with van der Waals surface area (Å²) in [5.74, 6) is -2.48. The maximum absolute atomic E-state index is 15.2. The Morgan fingerprint density at radius 2 is 1.70 bits per heavy atom. The summed E-state index contributed by atoms with van der Waals surface area (Å²) in [7, 11) is -4.79. The molecule has 0 bridgehead atoms. The molecule has 1 aliphatic heterocycles. The lowest BCUT2D eigenvalue weighted by atomic mass is 10.1. The summed E-state index contributed by atoms with van der Waals surface area (Å²) in [5.41, 5.74) is 4.12. The molecule has 0 amide bonds. The fraction of sp³-hybridized carbons (Fsp3) is 0.320. The van der Waals surface area contributed by atoms with Crippen LogP contribution >= 0.6 is 0 Å². The van der Waals surface area contributed by atoms with Gasteiger partial charge in [-0.1, -0.05) is 12.1 Å². The molecule has 0 unspecified atom stereocenters. The van der Waals surface area contributed by atoms with E-state index in [0.717, 1.165) is 43.2 Å². The summed E-state index contributed by atoms with van der Waals surface area (Å²) in [6.45, 7) is 0.385. The number of carboxylic acids is 1. The number of halogens is 4. The molecule has 212 valence electrons. The minimum Gasteiger partial charge on any atom is -0.477 e. The molecule has 1 aromatic heterocycles. The molecular weight excluding hydrogens is 558 g/mol. The monoisotopic (exact) mass is 581 g/mol. The number of hydrogen-bond donors (Lipinski definition) is 2. The molecule has 15 heteroatoms. The van der Waals surface area contributed by atoms with Crippen LogP contribution in [0.15, 0.2) is 56.6 Å². The number of sulfonamides is 1. The van der Waals surface area contributed by atoms with Gasteiger partial charge in [-0.05, 0) is 37.1 Å². The molecule has 2 aromatic carbocycles. The van der Waals surface area contributed by atoms with Crippen molar-refractivity contribution in [3.05, 3.63) is 69.8 Å². The fourth-order valence-corrected chi connectivity index (χ4v) is 5.99. The second kappa shape index (κ2) is 9.80. The Bertz CT molecular complexity index is 1710. The number of nitrogens with zero attached hydrogens (tertiary/aromatic N) is 4. The smallest absolute Gasteiger partial charge is 0.417 e. The van der Waals surface area contributed by atoms with Crippen LogP contribution in [0.4, 0.5) is 23.2 Å². The Balaban J connectivity index is 1.41. The van der Waals surface area contributed by atoms with E-state index in [4.69, 9.17) is 5.73 Å². The highest BCUT2D eigenvalue weighted by atomic mass is 32.2. The Labute approximate surface area is 225 Å². The van der Waals surface area contributed by atoms with E-state index in [2.05, 4.69) is 4.40 Å². The Morgan fingerprint density at radius 1 is 1.05 bits per heavy atom. The van der Waals surface area contributed by atoms with Gasteiger partial charge in [0.25, 0.3) is 10.0 Å². The molecule has 0 radical (unpaired) electrons. The number of aromatic nitrogens is 1. The predicted molar refractivity (Wildman–Crippen MR) is 137 cm³/mol. The van der Waals surface area contributed by atoms with Crippen LogP contribution in [0.5, 0.6) is 0 Å². The fourth-order valence-electron chi connectivity index (χ4n) is 4.81. The molecule has 1 saturated carbocycles. The van der Waals surface area contributed by atoms with Gasteiger partial charge in [0.15, 0.2) is 5.43 Å². The molecule has 3 aromatic rings. The first-order valence-corrected chi connectivity index (χ1v) is 13.6. The maximum Gasteiger partial charge on any atom is 0.417 e. The number of anilines is 1. The van der Waals surface area contributed by atoms with Crippen LogP contribution in [0.25, 0.3) is 10.9 Å². The summed E-state index contributed by atoms with van der Waals surface area (Å²) in [6.07, 6.45) is -3.48. The number of benzene rings is 2. The van der Waals surface area contributed by atoms with Gasteiger partial charge in [-0.25, -0.2) is 9.18 Å². The van der Waals surface area contributed by atoms with Gasteiger partial charge in [-0.3, -0.25) is 4.79 Å². The third kappa shape index (κ3) is 5.08. The molecular formula is C25H23F4N5O5S. The number of fused-ring (bicyclic) bond motifs is 1. The molecule has 10 nitrogen and oxygen atoms in total. The van der Waals surface area contributed by atoms with Crippen LogP contribution in [0.3, 0.4) is 0 Å². The summed E-state index contributed by atoms with van der Waals surface area (Å²) in [4.78, 5) is 26.3. The van der Waals surface area contributed by atoms with Gasteiger partial charge in [0.05, 0.1) is 16.8 Å². The number of rotatable bonds is 5. The van der Waals surface area contributed by atoms with E-state index in [1.165, 1.54) is 15.5 Å². The van der Waals surface area contributed by atoms with Crippen LogP contribution in [-0.4, -0.2) is 61.1 Å². The first-order chi connectivity index (χ1) is 18.8. The highest BCUT2D eigenvalue weighted by Gasteiger charge is 2.37. The Kier molecular flexibility index (Phi) is 6.72. The molecule has 1 saturated heterocycles. The van der Waals surface area contributed by atoms with Crippen LogP contribution in [-0.2, 0) is 16.2 Å². The lowest BCUT2D eigenvalue weighted by Crippen LogP contribution is -2.51. The minimum atomic E-state index is -4.92. The van der Waals surface area contributed by atoms with Gasteiger partial charge in [0, 0.05) is 43.7 Å². The third-order valence-corrected chi connectivity index (χ3v) is 8.22. The quantitative estimate of drug-likeness (QED) is 0.267. The SMILES string of the molecule is N/C(=N\S(=O)(=O)c1ccccc1C(F)(F)F)N1CCN(c2cc3c(cc2F)c(=O)cc(C(=O)O)n3C2CC2)CC1. The van der Waals surface area contributed by atoms with Gasteiger partial charge in [-0.15, -0.1) is 4.40 Å². The molecule has 2 aliphatic rings. The van der Waals surface area contributed by atoms with Crippen molar-refractivity contribution in [2.45, 2.75) is 30.0 Å². The number of pyridine rings is 1. The van der Waals surface area contributed by atoms with Crippen molar-refractivity contribution in [3.63, 3.8) is 0 Å². The highest BCUT2D eigenvalue weighted by Crippen LogP contribution is 2.39. The Morgan fingerprint density at radius 3 is 2.30 bits per heavy atom. The summed E-state index contributed by atoms with van der Waals surface area (Å²) < 4.78 is 85.4. The number of nitrogens with two attached hydrogens (primary N) is 1. The number of piperazine rings is 1. The lowest BCUT2D eigenvalue weighted by Gasteiger charge is -2.36. The second-order valence-electron chi connectivity index (χ2n) is 9.51. The zero-order valence-corrected chi connectivity index (χ0v) is 21.5. The van der Waals surface area contributed by atoms with Crippen LogP contribution in [0, 0.1) is 5.82 Å². The largest absolute Gasteiger partial charge is 0.477 e. The average molecular weight is 582 g/mol.